The lowest BCUT2D eigenvalue weighted by Crippen LogP contribution is -2.62. The number of likely N-dealkylation sites (N-methyl/N-ethyl adjacent to an activating group) is 1. The third-order valence-corrected chi connectivity index (χ3v) is 3.88. The van der Waals surface area contributed by atoms with Gasteiger partial charge in [0, 0.05) is 43.6 Å². The van der Waals surface area contributed by atoms with Gasteiger partial charge in [0.25, 0.3) is 0 Å². The molecule has 1 aromatic rings. The summed E-state index contributed by atoms with van der Waals surface area (Å²) in [4.78, 5) is 8.75. The molecule has 1 saturated heterocycles. The second kappa shape index (κ2) is 5.34. The SMILES string of the molecule is CN1CC(C)(C)N(Cc2ccncc2)CC1CO. The summed E-state index contributed by atoms with van der Waals surface area (Å²) in [5.74, 6) is 0. The van der Waals surface area contributed by atoms with E-state index in [4.69, 9.17) is 0 Å². The summed E-state index contributed by atoms with van der Waals surface area (Å²) in [5.41, 5.74) is 1.41. The van der Waals surface area contributed by atoms with Crippen molar-refractivity contribution >= 4 is 0 Å². The van der Waals surface area contributed by atoms with E-state index in [0.717, 1.165) is 19.6 Å². The van der Waals surface area contributed by atoms with Crippen LogP contribution < -0.4 is 0 Å². The predicted molar refractivity (Wildman–Crippen MR) is 72.2 cm³/mol. The van der Waals surface area contributed by atoms with Gasteiger partial charge in [-0.05, 0) is 38.6 Å². The van der Waals surface area contributed by atoms with Crippen LogP contribution in [0.4, 0.5) is 0 Å². The molecule has 1 aliphatic rings. The van der Waals surface area contributed by atoms with Crippen molar-refractivity contribution in [1.82, 2.24) is 14.8 Å². The Labute approximate surface area is 109 Å². The first-order valence-corrected chi connectivity index (χ1v) is 6.48. The minimum atomic E-state index is 0.129. The van der Waals surface area contributed by atoms with E-state index < -0.39 is 0 Å². The molecule has 0 aliphatic carbocycles. The second-order valence-corrected chi connectivity index (χ2v) is 5.80. The molecule has 1 atom stereocenters. The fourth-order valence-electron chi connectivity index (χ4n) is 2.66. The summed E-state index contributed by atoms with van der Waals surface area (Å²) >= 11 is 0. The van der Waals surface area contributed by atoms with Crippen molar-refractivity contribution in [3.63, 3.8) is 0 Å². The summed E-state index contributed by atoms with van der Waals surface area (Å²) in [7, 11) is 2.09. The van der Waals surface area contributed by atoms with Gasteiger partial charge in [-0.1, -0.05) is 0 Å². The maximum atomic E-state index is 9.44. The fraction of sp³-hybridized carbons (Fsp3) is 0.643. The molecule has 0 aromatic carbocycles. The maximum absolute atomic E-state index is 9.44. The zero-order valence-corrected chi connectivity index (χ0v) is 11.5. The third kappa shape index (κ3) is 2.88. The van der Waals surface area contributed by atoms with E-state index in [0.29, 0.717) is 0 Å². The van der Waals surface area contributed by atoms with E-state index in [1.165, 1.54) is 5.56 Å². The van der Waals surface area contributed by atoms with E-state index in [2.05, 4.69) is 47.8 Å². The molecule has 1 fully saturated rings. The van der Waals surface area contributed by atoms with Gasteiger partial charge in [-0.2, -0.15) is 0 Å². The van der Waals surface area contributed by atoms with E-state index in [9.17, 15) is 5.11 Å². The summed E-state index contributed by atoms with van der Waals surface area (Å²) in [6.45, 7) is 7.54. The van der Waals surface area contributed by atoms with Gasteiger partial charge >= 0.3 is 0 Å². The van der Waals surface area contributed by atoms with Crippen LogP contribution in [-0.2, 0) is 6.54 Å². The first-order valence-electron chi connectivity index (χ1n) is 6.48. The van der Waals surface area contributed by atoms with Gasteiger partial charge in [-0.3, -0.25) is 14.8 Å². The number of aliphatic hydroxyl groups is 1. The molecule has 2 rings (SSSR count). The lowest BCUT2D eigenvalue weighted by atomic mass is 9.95. The highest BCUT2D eigenvalue weighted by atomic mass is 16.3. The molecule has 0 bridgehead atoms. The average Bonchev–Trinajstić information content (AvgIpc) is 2.33. The summed E-state index contributed by atoms with van der Waals surface area (Å²) in [5, 5.41) is 9.44. The quantitative estimate of drug-likeness (QED) is 0.866. The first kappa shape index (κ1) is 13.5. The Morgan fingerprint density at radius 1 is 1.39 bits per heavy atom. The first-order chi connectivity index (χ1) is 8.53. The number of hydrogen-bond donors (Lipinski definition) is 1. The largest absolute Gasteiger partial charge is 0.395 e. The molecule has 0 amide bonds. The Balaban J connectivity index is 2.10. The monoisotopic (exact) mass is 249 g/mol. The van der Waals surface area contributed by atoms with Crippen LogP contribution in [0.3, 0.4) is 0 Å². The van der Waals surface area contributed by atoms with Crippen LogP contribution >= 0.6 is 0 Å². The van der Waals surface area contributed by atoms with Crippen molar-refractivity contribution < 1.29 is 5.11 Å². The van der Waals surface area contributed by atoms with Crippen LogP contribution in [0.2, 0.25) is 0 Å². The lowest BCUT2D eigenvalue weighted by Gasteiger charge is -2.49. The van der Waals surface area contributed by atoms with Crippen LogP contribution in [0.1, 0.15) is 19.4 Å². The van der Waals surface area contributed by atoms with Crippen LogP contribution in [0.15, 0.2) is 24.5 Å². The highest BCUT2D eigenvalue weighted by Crippen LogP contribution is 2.25. The minimum absolute atomic E-state index is 0.129. The average molecular weight is 249 g/mol. The van der Waals surface area contributed by atoms with Crippen molar-refractivity contribution in [1.29, 1.82) is 0 Å². The molecule has 1 aliphatic heterocycles. The Morgan fingerprint density at radius 2 is 2.06 bits per heavy atom. The molecular formula is C14H23N3O. The van der Waals surface area contributed by atoms with Gasteiger partial charge in [0.15, 0.2) is 0 Å². The Morgan fingerprint density at radius 3 is 2.67 bits per heavy atom. The maximum Gasteiger partial charge on any atom is 0.0599 e. The molecule has 1 aromatic heterocycles. The molecule has 100 valence electrons. The summed E-state index contributed by atoms with van der Waals surface area (Å²) in [6, 6.07) is 4.35. The lowest BCUT2D eigenvalue weighted by molar-refractivity contribution is -0.0269. The molecule has 1 N–H and O–H groups in total. The molecule has 4 heteroatoms. The van der Waals surface area contributed by atoms with Crippen LogP contribution in [0.25, 0.3) is 0 Å². The molecule has 0 saturated carbocycles. The molecule has 0 spiro atoms. The Hall–Kier alpha value is -0.970. The zero-order chi connectivity index (χ0) is 13.2. The highest BCUT2D eigenvalue weighted by Gasteiger charge is 2.36. The van der Waals surface area contributed by atoms with Gasteiger partial charge in [-0.15, -0.1) is 0 Å². The minimum Gasteiger partial charge on any atom is -0.395 e. The van der Waals surface area contributed by atoms with E-state index in [1.807, 2.05) is 12.4 Å². The Kier molecular flexibility index (Phi) is 4.00. The molecule has 1 unspecified atom stereocenters. The number of hydrogen-bond acceptors (Lipinski definition) is 4. The van der Waals surface area contributed by atoms with E-state index in [-0.39, 0.29) is 18.2 Å². The van der Waals surface area contributed by atoms with Crippen molar-refractivity contribution in [3.05, 3.63) is 30.1 Å². The van der Waals surface area contributed by atoms with Crippen molar-refractivity contribution in [2.24, 2.45) is 0 Å². The molecule has 4 nitrogen and oxygen atoms in total. The number of rotatable bonds is 3. The van der Waals surface area contributed by atoms with E-state index in [1.54, 1.807) is 0 Å². The third-order valence-electron chi connectivity index (χ3n) is 3.88. The van der Waals surface area contributed by atoms with Crippen molar-refractivity contribution in [2.75, 3.05) is 26.7 Å². The number of aromatic nitrogens is 1. The smallest absolute Gasteiger partial charge is 0.0599 e. The standard InChI is InChI=1S/C14H23N3O/c1-14(2)11-16(3)13(10-18)9-17(14)8-12-4-6-15-7-5-12/h4-7,13,18H,8-11H2,1-3H3. The topological polar surface area (TPSA) is 39.6 Å². The zero-order valence-electron chi connectivity index (χ0n) is 11.5. The highest BCUT2D eigenvalue weighted by molar-refractivity contribution is 5.11. The summed E-state index contributed by atoms with van der Waals surface area (Å²) < 4.78 is 0. The van der Waals surface area contributed by atoms with Crippen molar-refractivity contribution in [2.45, 2.75) is 32.0 Å². The number of nitrogens with zero attached hydrogens (tertiary/aromatic N) is 3. The predicted octanol–water partition coefficient (Wildman–Crippen LogP) is 0.968. The van der Waals surface area contributed by atoms with Gasteiger partial charge in [-0.25, -0.2) is 0 Å². The van der Waals surface area contributed by atoms with Gasteiger partial charge in [0.1, 0.15) is 0 Å². The molecule has 0 radical (unpaired) electrons. The van der Waals surface area contributed by atoms with Gasteiger partial charge in [0.2, 0.25) is 0 Å². The van der Waals surface area contributed by atoms with Gasteiger partial charge < -0.3 is 5.11 Å². The van der Waals surface area contributed by atoms with Gasteiger partial charge in [0.05, 0.1) is 6.61 Å². The second-order valence-electron chi connectivity index (χ2n) is 5.80. The van der Waals surface area contributed by atoms with Crippen LogP contribution in [0, 0.1) is 0 Å². The number of pyridine rings is 1. The molecule has 2 heterocycles. The number of piperazine rings is 1. The fourth-order valence-corrected chi connectivity index (χ4v) is 2.66. The van der Waals surface area contributed by atoms with Crippen LogP contribution in [0.5, 0.6) is 0 Å². The summed E-state index contributed by atoms with van der Waals surface area (Å²) in [6.07, 6.45) is 3.67. The molecular weight excluding hydrogens is 226 g/mol. The van der Waals surface area contributed by atoms with Crippen molar-refractivity contribution in [3.8, 4) is 0 Å². The van der Waals surface area contributed by atoms with E-state index >= 15 is 0 Å². The van der Waals surface area contributed by atoms with Crippen LogP contribution in [-0.4, -0.2) is 58.2 Å². The molecule has 18 heavy (non-hydrogen) atoms. The normalized spacial score (nSPS) is 25.2. The number of aliphatic hydroxyl groups excluding tert-OH is 1. The Bertz CT molecular complexity index is 380.